The van der Waals surface area contributed by atoms with Crippen molar-refractivity contribution in [1.29, 1.82) is 0 Å². The second kappa shape index (κ2) is 4.45. The molecule has 0 radical (unpaired) electrons. The minimum atomic E-state index is -0.233. The smallest absolute Gasteiger partial charge is 0.231 e. The number of rotatable bonds is 3. The van der Waals surface area contributed by atoms with Crippen molar-refractivity contribution in [3.8, 4) is 0 Å². The highest BCUT2D eigenvalue weighted by Gasteiger charge is 2.24. The summed E-state index contributed by atoms with van der Waals surface area (Å²) in [5.74, 6) is 0.328. The Labute approximate surface area is 89.9 Å². The highest BCUT2D eigenvalue weighted by atomic mass is 16.1. The molecule has 2 N–H and O–H groups in total. The zero-order chi connectivity index (χ0) is 10.7. The van der Waals surface area contributed by atoms with Crippen LogP contribution in [0.4, 0.5) is 0 Å². The Morgan fingerprint density at radius 2 is 2.13 bits per heavy atom. The molecule has 1 aromatic carbocycles. The van der Waals surface area contributed by atoms with Gasteiger partial charge in [-0.05, 0) is 24.4 Å². The molecule has 0 bridgehead atoms. The molecule has 0 aromatic heterocycles. The minimum Gasteiger partial charge on any atom is -0.369 e. The van der Waals surface area contributed by atoms with Gasteiger partial charge in [-0.3, -0.25) is 9.69 Å². The van der Waals surface area contributed by atoms with Gasteiger partial charge in [0.25, 0.3) is 0 Å². The van der Waals surface area contributed by atoms with E-state index >= 15 is 0 Å². The molecule has 1 aromatic rings. The second-order valence-electron chi connectivity index (χ2n) is 4.10. The number of hydrogen-bond acceptors (Lipinski definition) is 2. The highest BCUT2D eigenvalue weighted by molar-refractivity contribution is 5.75. The summed E-state index contributed by atoms with van der Waals surface area (Å²) in [6.07, 6.45) is 1.12. The maximum Gasteiger partial charge on any atom is 0.231 e. The average Bonchev–Trinajstić information content (AvgIpc) is 2.67. The Balaban J connectivity index is 1.96. The molecule has 3 nitrogen and oxygen atoms in total. The maximum atomic E-state index is 10.8. The van der Waals surface area contributed by atoms with Crippen LogP contribution < -0.4 is 5.73 Å². The van der Waals surface area contributed by atoms with Gasteiger partial charge >= 0.3 is 0 Å². The van der Waals surface area contributed by atoms with E-state index in [0.717, 1.165) is 19.5 Å². The monoisotopic (exact) mass is 204 g/mol. The Morgan fingerprint density at radius 3 is 2.80 bits per heavy atom. The quantitative estimate of drug-likeness (QED) is 0.797. The number of carbonyl (C=O) groups excluding carboxylic acids is 1. The fraction of sp³-hybridized carbons (Fsp3) is 0.417. The zero-order valence-electron chi connectivity index (χ0n) is 8.73. The first kappa shape index (κ1) is 10.2. The number of nitrogens with two attached hydrogens (primary N) is 1. The standard InChI is InChI=1S/C12H16N2O/c13-12(15)9-14-7-6-11(8-14)10-4-2-1-3-5-10/h1-5,11H,6-9H2,(H2,13,15)/t11-/m0/s1. The number of hydrogen-bond donors (Lipinski definition) is 1. The predicted octanol–water partition coefficient (Wildman–Crippen LogP) is 0.961. The van der Waals surface area contributed by atoms with Crippen LogP contribution in [0.3, 0.4) is 0 Å². The van der Waals surface area contributed by atoms with Crippen molar-refractivity contribution < 1.29 is 4.79 Å². The predicted molar refractivity (Wildman–Crippen MR) is 59.4 cm³/mol. The third kappa shape index (κ3) is 2.57. The first-order chi connectivity index (χ1) is 7.25. The van der Waals surface area contributed by atoms with Gasteiger partial charge in [-0.1, -0.05) is 30.3 Å². The molecular formula is C12H16N2O. The van der Waals surface area contributed by atoms with Crippen molar-refractivity contribution in [2.75, 3.05) is 19.6 Å². The van der Waals surface area contributed by atoms with Crippen molar-refractivity contribution in [1.82, 2.24) is 4.90 Å². The van der Waals surface area contributed by atoms with Crippen molar-refractivity contribution in [3.05, 3.63) is 35.9 Å². The topological polar surface area (TPSA) is 46.3 Å². The van der Waals surface area contributed by atoms with Crippen LogP contribution in [-0.4, -0.2) is 30.4 Å². The van der Waals surface area contributed by atoms with Crippen LogP contribution in [0, 0.1) is 0 Å². The van der Waals surface area contributed by atoms with E-state index < -0.39 is 0 Å². The summed E-state index contributed by atoms with van der Waals surface area (Å²) in [6, 6.07) is 10.5. The Kier molecular flexibility index (Phi) is 3.02. The zero-order valence-corrected chi connectivity index (χ0v) is 8.73. The van der Waals surface area contributed by atoms with Crippen LogP contribution in [0.5, 0.6) is 0 Å². The molecule has 1 saturated heterocycles. The van der Waals surface area contributed by atoms with E-state index in [1.165, 1.54) is 5.56 Å². The first-order valence-corrected chi connectivity index (χ1v) is 5.31. The lowest BCUT2D eigenvalue weighted by Crippen LogP contribution is -2.31. The fourth-order valence-electron chi connectivity index (χ4n) is 2.19. The van der Waals surface area contributed by atoms with Gasteiger partial charge in [0.05, 0.1) is 6.54 Å². The van der Waals surface area contributed by atoms with E-state index in [0.29, 0.717) is 12.5 Å². The summed E-state index contributed by atoms with van der Waals surface area (Å²) >= 11 is 0. The molecule has 0 saturated carbocycles. The average molecular weight is 204 g/mol. The van der Waals surface area contributed by atoms with Gasteiger partial charge < -0.3 is 5.73 Å². The van der Waals surface area contributed by atoms with Gasteiger partial charge in [0.2, 0.25) is 5.91 Å². The van der Waals surface area contributed by atoms with E-state index in [1.54, 1.807) is 0 Å². The van der Waals surface area contributed by atoms with E-state index in [2.05, 4.69) is 29.2 Å². The number of nitrogens with zero attached hydrogens (tertiary/aromatic N) is 1. The second-order valence-corrected chi connectivity index (χ2v) is 4.10. The summed E-state index contributed by atoms with van der Waals surface area (Å²) in [5, 5.41) is 0. The van der Waals surface area contributed by atoms with E-state index in [-0.39, 0.29) is 5.91 Å². The van der Waals surface area contributed by atoms with Gasteiger partial charge in [-0.15, -0.1) is 0 Å². The molecule has 1 fully saturated rings. The van der Waals surface area contributed by atoms with Crippen molar-refractivity contribution in [2.24, 2.45) is 5.73 Å². The van der Waals surface area contributed by atoms with Gasteiger partial charge in [0.15, 0.2) is 0 Å². The van der Waals surface area contributed by atoms with E-state index in [4.69, 9.17) is 5.73 Å². The number of amides is 1. The minimum absolute atomic E-state index is 0.233. The van der Waals surface area contributed by atoms with Gasteiger partial charge in [-0.25, -0.2) is 0 Å². The summed E-state index contributed by atoms with van der Waals surface area (Å²) in [4.78, 5) is 12.9. The Bertz CT molecular complexity index is 337. The van der Waals surface area contributed by atoms with Crippen LogP contribution in [-0.2, 0) is 4.79 Å². The maximum absolute atomic E-state index is 10.8. The SMILES string of the molecule is NC(=O)CN1CC[C@H](c2ccccc2)C1. The van der Waals surface area contributed by atoms with Crippen molar-refractivity contribution in [3.63, 3.8) is 0 Å². The molecule has 15 heavy (non-hydrogen) atoms. The van der Waals surface area contributed by atoms with Crippen LogP contribution in [0.1, 0.15) is 17.9 Å². The molecule has 1 amide bonds. The Hall–Kier alpha value is -1.35. The largest absolute Gasteiger partial charge is 0.369 e. The molecular weight excluding hydrogens is 188 g/mol. The molecule has 2 rings (SSSR count). The van der Waals surface area contributed by atoms with Gasteiger partial charge in [0.1, 0.15) is 0 Å². The van der Waals surface area contributed by atoms with Crippen LogP contribution >= 0.6 is 0 Å². The lowest BCUT2D eigenvalue weighted by molar-refractivity contribution is -0.118. The van der Waals surface area contributed by atoms with Gasteiger partial charge in [0, 0.05) is 6.54 Å². The van der Waals surface area contributed by atoms with Crippen LogP contribution in [0.15, 0.2) is 30.3 Å². The lowest BCUT2D eigenvalue weighted by Gasteiger charge is -2.13. The first-order valence-electron chi connectivity index (χ1n) is 5.31. The van der Waals surface area contributed by atoms with Crippen molar-refractivity contribution in [2.45, 2.75) is 12.3 Å². The fourth-order valence-corrected chi connectivity index (χ4v) is 2.19. The summed E-state index contributed by atoms with van der Waals surface area (Å²) < 4.78 is 0. The van der Waals surface area contributed by atoms with Crippen molar-refractivity contribution >= 4 is 5.91 Å². The molecule has 1 aliphatic heterocycles. The van der Waals surface area contributed by atoms with Gasteiger partial charge in [-0.2, -0.15) is 0 Å². The molecule has 3 heteroatoms. The summed E-state index contributed by atoms with van der Waals surface area (Å²) in [7, 11) is 0. The van der Waals surface area contributed by atoms with Crippen LogP contribution in [0.2, 0.25) is 0 Å². The van der Waals surface area contributed by atoms with Crippen LogP contribution in [0.25, 0.3) is 0 Å². The molecule has 1 aliphatic rings. The lowest BCUT2D eigenvalue weighted by atomic mass is 9.99. The Morgan fingerprint density at radius 1 is 1.40 bits per heavy atom. The molecule has 1 heterocycles. The summed E-state index contributed by atoms with van der Waals surface area (Å²) in [6.45, 7) is 2.32. The van der Waals surface area contributed by atoms with E-state index in [9.17, 15) is 4.79 Å². The molecule has 0 aliphatic carbocycles. The number of carbonyl (C=O) groups is 1. The highest BCUT2D eigenvalue weighted by Crippen LogP contribution is 2.26. The number of benzene rings is 1. The van der Waals surface area contributed by atoms with E-state index in [1.807, 2.05) is 6.07 Å². The molecule has 80 valence electrons. The normalized spacial score (nSPS) is 21.7. The summed E-state index contributed by atoms with van der Waals surface area (Å²) in [5.41, 5.74) is 6.54. The number of primary amides is 1. The third-order valence-corrected chi connectivity index (χ3v) is 2.92. The molecule has 0 spiro atoms. The molecule has 1 atom stereocenters. The molecule has 0 unspecified atom stereocenters. The third-order valence-electron chi connectivity index (χ3n) is 2.92. The number of likely N-dealkylation sites (tertiary alicyclic amines) is 1.